The molecular formula is C30H31N3O2S. The zero-order valence-electron chi connectivity index (χ0n) is 21.0. The van der Waals surface area contributed by atoms with Crippen LogP contribution in [0.4, 0.5) is 10.5 Å². The number of methoxy groups -OCH3 is 1. The molecule has 2 aromatic heterocycles. The number of amides is 2. The molecule has 0 unspecified atom stereocenters. The highest BCUT2D eigenvalue weighted by Gasteiger charge is 2.36. The summed E-state index contributed by atoms with van der Waals surface area (Å²) in [5.41, 5.74) is 8.06. The number of aryl methyl sites for hydroxylation is 2. The van der Waals surface area contributed by atoms with E-state index in [0.717, 1.165) is 41.1 Å². The van der Waals surface area contributed by atoms with E-state index in [0.29, 0.717) is 6.54 Å². The summed E-state index contributed by atoms with van der Waals surface area (Å²) in [7, 11) is 1.68. The van der Waals surface area contributed by atoms with Gasteiger partial charge in [0, 0.05) is 22.3 Å². The Morgan fingerprint density at radius 2 is 1.81 bits per heavy atom. The topological polar surface area (TPSA) is 46.5 Å². The van der Waals surface area contributed by atoms with Crippen LogP contribution in [0.1, 0.15) is 57.3 Å². The summed E-state index contributed by atoms with van der Waals surface area (Å²) in [6.45, 7) is 4.72. The maximum Gasteiger partial charge on any atom is 0.322 e. The first kappa shape index (κ1) is 22.9. The number of hydrogen-bond acceptors (Lipinski definition) is 3. The molecule has 0 spiro atoms. The van der Waals surface area contributed by atoms with Crippen LogP contribution >= 0.6 is 11.3 Å². The molecule has 2 amide bonds. The Morgan fingerprint density at radius 1 is 1.00 bits per heavy atom. The molecule has 5 nitrogen and oxygen atoms in total. The van der Waals surface area contributed by atoms with Crippen molar-refractivity contribution >= 4 is 23.1 Å². The van der Waals surface area contributed by atoms with Gasteiger partial charge in [0.25, 0.3) is 0 Å². The minimum Gasteiger partial charge on any atom is -0.497 e. The Kier molecular flexibility index (Phi) is 5.84. The smallest absolute Gasteiger partial charge is 0.322 e. The molecule has 184 valence electrons. The van der Waals surface area contributed by atoms with Gasteiger partial charge in [-0.3, -0.25) is 0 Å². The number of fused-ring (bicyclic) bond motifs is 5. The number of thiophene rings is 1. The summed E-state index contributed by atoms with van der Waals surface area (Å²) in [6.07, 6.45) is 6.85. The Hall–Kier alpha value is -3.51. The van der Waals surface area contributed by atoms with Gasteiger partial charge >= 0.3 is 6.03 Å². The van der Waals surface area contributed by atoms with E-state index >= 15 is 0 Å². The molecule has 0 bridgehead atoms. The first-order chi connectivity index (χ1) is 17.5. The molecule has 0 radical (unpaired) electrons. The third-order valence-corrected chi connectivity index (χ3v) is 9.05. The van der Waals surface area contributed by atoms with Crippen LogP contribution in [0.5, 0.6) is 5.75 Å². The van der Waals surface area contributed by atoms with Crippen molar-refractivity contribution in [1.29, 1.82) is 0 Å². The monoisotopic (exact) mass is 497 g/mol. The van der Waals surface area contributed by atoms with Gasteiger partial charge in [0.2, 0.25) is 0 Å². The lowest BCUT2D eigenvalue weighted by Crippen LogP contribution is -2.38. The fraction of sp³-hybridized carbons (Fsp3) is 0.300. The summed E-state index contributed by atoms with van der Waals surface area (Å²) in [6, 6.07) is 18.1. The molecule has 2 aromatic carbocycles. The standard InChI is InChI=1S/C30H31N3O2S/c1-19-8-6-10-25(20(19)2)31-30(34)33-18-24-23-9-4-5-12-27(23)36-29(24)32-17-7-11-26(32)28(33)21-13-15-22(35-3)16-14-21/h6-8,10-11,13-17,28H,4-5,9,12,18H2,1-3H3,(H,31,34)/t28-/m0/s1. The second-order valence-electron chi connectivity index (χ2n) is 9.78. The molecule has 3 heterocycles. The predicted octanol–water partition coefficient (Wildman–Crippen LogP) is 7.18. The van der Waals surface area contributed by atoms with Gasteiger partial charge in [-0.2, -0.15) is 0 Å². The molecule has 6 rings (SSSR count). The summed E-state index contributed by atoms with van der Waals surface area (Å²) >= 11 is 1.91. The van der Waals surface area contributed by atoms with E-state index in [1.54, 1.807) is 7.11 Å². The van der Waals surface area contributed by atoms with Gasteiger partial charge < -0.3 is 19.5 Å². The molecule has 1 N–H and O–H groups in total. The van der Waals surface area contributed by atoms with Gasteiger partial charge in [-0.1, -0.05) is 24.3 Å². The molecule has 4 aromatic rings. The largest absolute Gasteiger partial charge is 0.497 e. The number of carbonyl (C=O) groups excluding carboxylic acids is 1. The van der Waals surface area contributed by atoms with Crippen LogP contribution < -0.4 is 10.1 Å². The van der Waals surface area contributed by atoms with E-state index in [-0.39, 0.29) is 12.1 Å². The van der Waals surface area contributed by atoms with Crippen molar-refractivity contribution < 1.29 is 9.53 Å². The number of hydrogen-bond donors (Lipinski definition) is 1. The summed E-state index contributed by atoms with van der Waals surface area (Å²) < 4.78 is 7.74. The van der Waals surface area contributed by atoms with Gasteiger partial charge in [0.1, 0.15) is 10.8 Å². The van der Waals surface area contributed by atoms with Crippen LogP contribution in [0.25, 0.3) is 5.00 Å². The lowest BCUT2D eigenvalue weighted by atomic mass is 9.95. The number of nitrogens with one attached hydrogen (secondary N) is 1. The van der Waals surface area contributed by atoms with Crippen molar-refractivity contribution in [3.8, 4) is 10.8 Å². The van der Waals surface area contributed by atoms with Crippen LogP contribution in [0.2, 0.25) is 0 Å². The summed E-state index contributed by atoms with van der Waals surface area (Å²) in [5.74, 6) is 0.808. The number of benzene rings is 2. The Labute approximate surface area is 216 Å². The van der Waals surface area contributed by atoms with E-state index in [2.05, 4.69) is 60.3 Å². The number of ether oxygens (including phenoxy) is 1. The SMILES string of the molecule is COc1ccc([C@H]2c3cccn3-c3sc4c(c3CN2C(=O)Nc2cccc(C)c2C)CCCC4)cc1. The van der Waals surface area contributed by atoms with Crippen molar-refractivity contribution in [3.05, 3.63) is 99.2 Å². The fourth-order valence-corrected chi connectivity index (χ4v) is 7.00. The number of anilines is 1. The minimum atomic E-state index is -0.227. The van der Waals surface area contributed by atoms with Crippen molar-refractivity contribution in [1.82, 2.24) is 9.47 Å². The maximum absolute atomic E-state index is 14.1. The maximum atomic E-state index is 14.1. The van der Waals surface area contributed by atoms with E-state index in [9.17, 15) is 4.79 Å². The normalized spacial score (nSPS) is 16.5. The highest BCUT2D eigenvalue weighted by Crippen LogP contribution is 2.44. The van der Waals surface area contributed by atoms with Gasteiger partial charge in [-0.15, -0.1) is 11.3 Å². The van der Waals surface area contributed by atoms with E-state index < -0.39 is 0 Å². The van der Waals surface area contributed by atoms with Crippen molar-refractivity contribution in [2.24, 2.45) is 0 Å². The van der Waals surface area contributed by atoms with Crippen LogP contribution in [-0.4, -0.2) is 22.6 Å². The van der Waals surface area contributed by atoms with Crippen molar-refractivity contribution in [2.75, 3.05) is 12.4 Å². The van der Waals surface area contributed by atoms with Gasteiger partial charge in [0.15, 0.2) is 0 Å². The highest BCUT2D eigenvalue weighted by molar-refractivity contribution is 7.15. The second-order valence-corrected chi connectivity index (χ2v) is 10.9. The second kappa shape index (κ2) is 9.17. The molecule has 1 aliphatic carbocycles. The molecule has 6 heteroatoms. The molecule has 0 saturated heterocycles. The average Bonchev–Trinajstić information content (AvgIpc) is 3.49. The van der Waals surface area contributed by atoms with E-state index in [1.165, 1.54) is 39.4 Å². The number of rotatable bonds is 3. The first-order valence-electron chi connectivity index (χ1n) is 12.6. The number of carbonyl (C=O) groups is 1. The van der Waals surface area contributed by atoms with Crippen LogP contribution in [0, 0.1) is 13.8 Å². The molecule has 1 aliphatic heterocycles. The van der Waals surface area contributed by atoms with E-state index in [4.69, 9.17) is 4.74 Å². The number of urea groups is 1. The van der Waals surface area contributed by atoms with Gasteiger partial charge in [-0.05, 0) is 92.1 Å². The molecular weight excluding hydrogens is 466 g/mol. The minimum absolute atomic E-state index is 0.0825. The van der Waals surface area contributed by atoms with Gasteiger partial charge in [0.05, 0.1) is 25.4 Å². The number of nitrogens with zero attached hydrogens (tertiary/aromatic N) is 2. The van der Waals surface area contributed by atoms with Crippen LogP contribution in [0.3, 0.4) is 0 Å². The van der Waals surface area contributed by atoms with Crippen molar-refractivity contribution in [3.63, 3.8) is 0 Å². The highest BCUT2D eigenvalue weighted by atomic mass is 32.1. The average molecular weight is 498 g/mol. The van der Waals surface area contributed by atoms with Crippen LogP contribution in [0.15, 0.2) is 60.8 Å². The Morgan fingerprint density at radius 3 is 2.61 bits per heavy atom. The van der Waals surface area contributed by atoms with E-state index in [1.807, 2.05) is 40.5 Å². The zero-order valence-corrected chi connectivity index (χ0v) is 21.8. The lowest BCUT2D eigenvalue weighted by Gasteiger charge is -2.32. The third kappa shape index (κ3) is 3.80. The summed E-state index contributed by atoms with van der Waals surface area (Å²) in [4.78, 5) is 17.6. The zero-order chi connectivity index (χ0) is 24.8. The van der Waals surface area contributed by atoms with Crippen LogP contribution in [-0.2, 0) is 19.4 Å². The Balaban J connectivity index is 1.49. The van der Waals surface area contributed by atoms with Gasteiger partial charge in [-0.25, -0.2) is 4.79 Å². The molecule has 1 atom stereocenters. The fourth-order valence-electron chi connectivity index (χ4n) is 5.60. The predicted molar refractivity (Wildman–Crippen MR) is 146 cm³/mol. The summed E-state index contributed by atoms with van der Waals surface area (Å²) in [5, 5.41) is 4.52. The third-order valence-electron chi connectivity index (χ3n) is 7.72. The molecule has 36 heavy (non-hydrogen) atoms. The molecule has 2 aliphatic rings. The van der Waals surface area contributed by atoms with Crippen molar-refractivity contribution in [2.45, 2.75) is 52.1 Å². The Bertz CT molecular complexity index is 1430. The number of aromatic nitrogens is 1. The lowest BCUT2D eigenvalue weighted by molar-refractivity contribution is 0.194. The quantitative estimate of drug-likeness (QED) is 0.326. The molecule has 0 saturated carbocycles. The molecule has 0 fully saturated rings. The first-order valence-corrected chi connectivity index (χ1v) is 13.5.